The predicted molar refractivity (Wildman–Crippen MR) is 24.6 cm³/mol. The van der Waals surface area contributed by atoms with Gasteiger partial charge in [-0.3, -0.25) is 0 Å². The first-order chi connectivity index (χ1) is 2.00. The average Bonchev–Trinajstić information content (AvgIpc) is 1.50. The largest absolute Gasteiger partial charge is 0.693 e. The molecule has 0 aromatic carbocycles. The van der Waals surface area contributed by atoms with E-state index in [9.17, 15) is 0 Å². The topological polar surface area (TPSA) is 87.2 Å². The van der Waals surface area contributed by atoms with E-state index in [2.05, 4.69) is 9.42 Å². The van der Waals surface area contributed by atoms with E-state index in [1.54, 1.807) is 18.8 Å². The molecule has 47 valence electrons. The third kappa shape index (κ3) is 98.2. The summed E-state index contributed by atoms with van der Waals surface area (Å²) in [4.78, 5) is 0. The van der Waals surface area contributed by atoms with E-state index in [1.807, 2.05) is 0 Å². The Balaban J connectivity index is -0.00000000500. The van der Waals surface area contributed by atoms with Crippen LogP contribution in [0.3, 0.4) is 0 Å². The molecule has 0 saturated heterocycles. The van der Waals surface area contributed by atoms with Crippen LogP contribution in [0.4, 0.5) is 0 Å². The minimum atomic E-state index is 0. The van der Waals surface area contributed by atoms with E-state index < -0.39 is 0 Å². The van der Waals surface area contributed by atoms with Crippen LogP contribution < -0.4 is 0 Å². The quantitative estimate of drug-likeness (QED) is 0.724. The predicted octanol–water partition coefficient (Wildman–Crippen LogP) is 1.73. The van der Waals surface area contributed by atoms with Gasteiger partial charge >= 0.3 is 28.2 Å². The zero-order chi connectivity index (χ0) is 4.00. The van der Waals surface area contributed by atoms with E-state index in [-0.39, 0.29) is 12.3 Å². The standard InChI is InChI=1S/CH4O.ClH.2H2N.Pt/c1-2;;;;/h2H,1H3;1H;2*1H2;/q;;2*-1;+1/p-1. The van der Waals surface area contributed by atoms with Crippen LogP contribution in [-0.2, 0) is 18.8 Å². The Labute approximate surface area is 53.1 Å². The smallest absolute Gasteiger partial charge is 0.693 e. The van der Waals surface area contributed by atoms with Crippen LogP contribution in [0, 0.1) is 0 Å². The van der Waals surface area contributed by atoms with Crippen molar-refractivity contribution < 1.29 is 23.9 Å². The van der Waals surface area contributed by atoms with Crippen LogP contribution in [0.15, 0.2) is 0 Å². The molecule has 0 radical (unpaired) electrons. The van der Waals surface area contributed by atoms with Gasteiger partial charge in [0, 0.05) is 7.11 Å². The number of aliphatic hydroxyl groups is 1. The molecule has 0 aromatic heterocycles. The zero-order valence-corrected chi connectivity index (χ0v) is 6.32. The fraction of sp³-hybridized carbons (Fsp3) is 1.00. The van der Waals surface area contributed by atoms with Gasteiger partial charge < -0.3 is 17.4 Å². The van der Waals surface area contributed by atoms with E-state index in [0.717, 1.165) is 7.11 Å². The van der Waals surface area contributed by atoms with Crippen LogP contribution in [0.25, 0.3) is 12.3 Å². The number of rotatable bonds is 0. The maximum absolute atomic E-state index is 7.00. The van der Waals surface area contributed by atoms with Gasteiger partial charge in [-0.15, -0.1) is 0 Å². The van der Waals surface area contributed by atoms with Gasteiger partial charge in [-0.1, -0.05) is 0 Å². The van der Waals surface area contributed by atoms with Gasteiger partial charge in [0.15, 0.2) is 0 Å². The first-order valence-corrected chi connectivity index (χ1v) is 3.38. The molecule has 0 fully saturated rings. The second kappa shape index (κ2) is 188. The fourth-order valence-electron chi connectivity index (χ4n) is 0. The maximum atomic E-state index is 7.00. The molecule has 0 aliphatic carbocycles. The van der Waals surface area contributed by atoms with E-state index in [4.69, 9.17) is 5.11 Å². The molecule has 0 heterocycles. The molecule has 0 rings (SSSR count). The minimum absolute atomic E-state index is 0. The third-order valence-corrected chi connectivity index (χ3v) is 0. The van der Waals surface area contributed by atoms with E-state index in [0.29, 0.717) is 0 Å². The third-order valence-electron chi connectivity index (χ3n) is 0. The van der Waals surface area contributed by atoms with Gasteiger partial charge in [-0.25, -0.2) is 0 Å². The summed E-state index contributed by atoms with van der Waals surface area (Å²) in [6, 6.07) is 0. The maximum Gasteiger partial charge on any atom is -0.693 e. The fourth-order valence-corrected chi connectivity index (χ4v) is 0. The second-order valence-electron chi connectivity index (χ2n) is 0. The van der Waals surface area contributed by atoms with Crippen LogP contribution >= 0.6 is 9.42 Å². The second-order valence-corrected chi connectivity index (χ2v) is 0. The van der Waals surface area contributed by atoms with Crippen molar-refractivity contribution in [2.45, 2.75) is 0 Å². The van der Waals surface area contributed by atoms with Gasteiger partial charge in [-0.05, 0) is 0 Å². The van der Waals surface area contributed by atoms with Crippen molar-refractivity contribution in [1.82, 2.24) is 0 Å². The summed E-state index contributed by atoms with van der Waals surface area (Å²) in [7, 11) is 5.61. The van der Waals surface area contributed by atoms with Gasteiger partial charge in [0.25, 0.3) is 0 Å². The number of halogens is 1. The normalized spacial score (nSPS) is 2.17. The summed E-state index contributed by atoms with van der Waals surface area (Å²) >= 11 is 1.61. The molecule has 0 aromatic rings. The number of hydrogen-bond donors (Lipinski definition) is 1. The Morgan fingerprint density at radius 1 is 1.17 bits per heavy atom. The molecule has 5 heteroatoms. The molecule has 0 spiro atoms. The zero-order valence-electron chi connectivity index (χ0n) is 3.30. The summed E-state index contributed by atoms with van der Waals surface area (Å²) in [6.07, 6.45) is 0. The van der Waals surface area contributed by atoms with E-state index >= 15 is 0 Å². The van der Waals surface area contributed by atoms with Crippen LogP contribution in [-0.4, -0.2) is 12.2 Å². The molecule has 0 unspecified atom stereocenters. The molecule has 0 amide bonds. The van der Waals surface area contributed by atoms with Crippen molar-refractivity contribution >= 4 is 9.42 Å². The molecule has 0 aliphatic heterocycles. The Morgan fingerprint density at radius 3 is 1.17 bits per heavy atom. The molecular weight excluding hydrogens is 287 g/mol. The Bertz CT molecular complexity index is 13.5. The molecular formula is CH8ClN2OPt-2. The monoisotopic (exact) mass is 294 g/mol. The Kier molecular flexibility index (Phi) is 901. The van der Waals surface area contributed by atoms with E-state index in [1.165, 1.54) is 0 Å². The van der Waals surface area contributed by atoms with Crippen LogP contribution in [0.1, 0.15) is 0 Å². The minimum Gasteiger partial charge on any atom is -0.693 e. The summed E-state index contributed by atoms with van der Waals surface area (Å²) in [6.45, 7) is 0. The number of aliphatic hydroxyl groups excluding tert-OH is 1. The molecule has 5 N–H and O–H groups in total. The van der Waals surface area contributed by atoms with Crippen molar-refractivity contribution in [1.29, 1.82) is 0 Å². The Hall–Kier alpha value is 0.858. The molecule has 6 heavy (non-hydrogen) atoms. The Morgan fingerprint density at radius 2 is 1.17 bits per heavy atom. The average molecular weight is 295 g/mol. The van der Waals surface area contributed by atoms with Crippen molar-refractivity contribution in [3.8, 4) is 0 Å². The SMILES string of the molecule is CO.[Cl][Pt].[NH2-].[NH2-]. The van der Waals surface area contributed by atoms with Crippen LogP contribution in [0.5, 0.6) is 0 Å². The molecule has 0 bridgehead atoms. The van der Waals surface area contributed by atoms with Gasteiger partial charge in [0.05, 0.1) is 0 Å². The molecule has 0 atom stereocenters. The van der Waals surface area contributed by atoms with Crippen LogP contribution in [0.2, 0.25) is 0 Å². The van der Waals surface area contributed by atoms with Crippen molar-refractivity contribution in [2.75, 3.05) is 7.11 Å². The van der Waals surface area contributed by atoms with Crippen molar-refractivity contribution in [3.63, 3.8) is 0 Å². The van der Waals surface area contributed by atoms with Gasteiger partial charge in [-0.2, -0.15) is 0 Å². The van der Waals surface area contributed by atoms with Crippen molar-refractivity contribution in [3.05, 3.63) is 12.3 Å². The summed E-state index contributed by atoms with van der Waals surface area (Å²) in [5.74, 6) is 0. The summed E-state index contributed by atoms with van der Waals surface area (Å²) in [5, 5.41) is 7.00. The first-order valence-electron chi connectivity index (χ1n) is 0.567. The number of hydrogen-bond acceptors (Lipinski definition) is 1. The molecule has 0 saturated carbocycles. The summed E-state index contributed by atoms with van der Waals surface area (Å²) < 4.78 is 0. The van der Waals surface area contributed by atoms with Gasteiger partial charge in [0.1, 0.15) is 0 Å². The molecule has 3 nitrogen and oxygen atoms in total. The summed E-state index contributed by atoms with van der Waals surface area (Å²) in [5.41, 5.74) is 0. The molecule has 0 aliphatic rings. The van der Waals surface area contributed by atoms with Gasteiger partial charge in [0.2, 0.25) is 0 Å². The number of nitrogens with two attached hydrogens (primary N) is 2. The first kappa shape index (κ1) is 28.8. The van der Waals surface area contributed by atoms with Crippen molar-refractivity contribution in [2.24, 2.45) is 0 Å².